The van der Waals surface area contributed by atoms with Crippen molar-refractivity contribution in [1.82, 2.24) is 4.90 Å². The zero-order chi connectivity index (χ0) is 14.6. The molecule has 19 heavy (non-hydrogen) atoms. The van der Waals surface area contributed by atoms with Crippen LogP contribution in [0.15, 0.2) is 22.7 Å². The summed E-state index contributed by atoms with van der Waals surface area (Å²) >= 11 is 3.69. The summed E-state index contributed by atoms with van der Waals surface area (Å²) in [6.07, 6.45) is 0. The van der Waals surface area contributed by atoms with Gasteiger partial charge >= 0.3 is 0 Å². The van der Waals surface area contributed by atoms with Crippen molar-refractivity contribution in [3.05, 3.63) is 33.8 Å². The van der Waals surface area contributed by atoms with Crippen LogP contribution in [-0.2, 0) is 0 Å². The fourth-order valence-electron chi connectivity index (χ4n) is 2.46. The first-order chi connectivity index (χ1) is 8.86. The van der Waals surface area contributed by atoms with Gasteiger partial charge in [0.2, 0.25) is 0 Å². The molecule has 0 heterocycles. The number of rotatable bonds is 6. The first kappa shape index (κ1) is 16.7. The minimum Gasteiger partial charge on any atom is -0.329 e. The predicted molar refractivity (Wildman–Crippen MR) is 87.4 cm³/mol. The summed E-state index contributed by atoms with van der Waals surface area (Å²) < 4.78 is 1.16. The normalized spacial score (nSPS) is 13.6. The molecule has 1 rings (SSSR count). The first-order valence-corrected chi connectivity index (χ1v) is 7.88. The molecule has 0 amide bonds. The molecular formula is C16H27BrN2. The third-order valence-electron chi connectivity index (χ3n) is 3.38. The summed E-state index contributed by atoms with van der Waals surface area (Å²) in [5.41, 5.74) is 8.63. The van der Waals surface area contributed by atoms with Crippen molar-refractivity contribution in [2.75, 3.05) is 13.1 Å². The van der Waals surface area contributed by atoms with Crippen LogP contribution < -0.4 is 5.73 Å². The average Bonchev–Trinajstić information content (AvgIpc) is 2.30. The Bertz CT molecular complexity index is 402. The second-order valence-corrected chi connectivity index (χ2v) is 6.82. The van der Waals surface area contributed by atoms with Gasteiger partial charge in [-0.2, -0.15) is 0 Å². The van der Waals surface area contributed by atoms with E-state index in [1.807, 2.05) is 0 Å². The van der Waals surface area contributed by atoms with Crippen molar-refractivity contribution in [2.24, 2.45) is 11.7 Å². The SMILES string of the molecule is Cc1ccc(C(CN)N(CC(C)C)C(C)C)c(Br)c1. The summed E-state index contributed by atoms with van der Waals surface area (Å²) in [6, 6.07) is 7.30. The number of nitrogens with two attached hydrogens (primary N) is 1. The van der Waals surface area contributed by atoms with E-state index in [4.69, 9.17) is 5.73 Å². The monoisotopic (exact) mass is 326 g/mol. The van der Waals surface area contributed by atoms with Gasteiger partial charge in [-0.05, 0) is 43.9 Å². The van der Waals surface area contributed by atoms with Crippen molar-refractivity contribution in [2.45, 2.75) is 46.7 Å². The van der Waals surface area contributed by atoms with Gasteiger partial charge in [-0.3, -0.25) is 4.90 Å². The van der Waals surface area contributed by atoms with Crippen LogP contribution in [0.2, 0.25) is 0 Å². The van der Waals surface area contributed by atoms with Crippen molar-refractivity contribution in [3.8, 4) is 0 Å². The summed E-state index contributed by atoms with van der Waals surface area (Å²) in [5, 5.41) is 0. The number of nitrogens with zero attached hydrogens (tertiary/aromatic N) is 1. The Labute approximate surface area is 126 Å². The molecular weight excluding hydrogens is 300 g/mol. The van der Waals surface area contributed by atoms with Crippen LogP contribution in [0.5, 0.6) is 0 Å². The Kier molecular flexibility index (Phi) is 6.51. The van der Waals surface area contributed by atoms with E-state index in [2.05, 4.69) is 73.6 Å². The molecule has 0 saturated carbocycles. The van der Waals surface area contributed by atoms with E-state index in [0.29, 0.717) is 18.5 Å². The van der Waals surface area contributed by atoms with Crippen molar-refractivity contribution in [1.29, 1.82) is 0 Å². The molecule has 0 fully saturated rings. The zero-order valence-electron chi connectivity index (χ0n) is 12.8. The number of aryl methyl sites for hydroxylation is 1. The lowest BCUT2D eigenvalue weighted by Gasteiger charge is -2.36. The summed E-state index contributed by atoms with van der Waals surface area (Å²) in [7, 11) is 0. The lowest BCUT2D eigenvalue weighted by atomic mass is 10.0. The maximum absolute atomic E-state index is 6.06. The van der Waals surface area contributed by atoms with Gasteiger partial charge in [0.25, 0.3) is 0 Å². The van der Waals surface area contributed by atoms with E-state index in [9.17, 15) is 0 Å². The Balaban J connectivity index is 3.08. The Morgan fingerprint density at radius 1 is 1.21 bits per heavy atom. The van der Waals surface area contributed by atoms with Gasteiger partial charge < -0.3 is 5.73 Å². The number of benzene rings is 1. The largest absolute Gasteiger partial charge is 0.329 e. The molecule has 0 saturated heterocycles. The molecule has 2 nitrogen and oxygen atoms in total. The van der Waals surface area contributed by atoms with Gasteiger partial charge in [-0.25, -0.2) is 0 Å². The number of halogens is 1. The van der Waals surface area contributed by atoms with E-state index in [1.54, 1.807) is 0 Å². The topological polar surface area (TPSA) is 29.3 Å². The maximum Gasteiger partial charge on any atom is 0.0484 e. The molecule has 0 radical (unpaired) electrons. The summed E-state index contributed by atoms with van der Waals surface area (Å²) in [6.45, 7) is 12.8. The molecule has 0 aliphatic heterocycles. The highest BCUT2D eigenvalue weighted by Crippen LogP contribution is 2.30. The van der Waals surface area contributed by atoms with Crippen molar-refractivity contribution < 1.29 is 0 Å². The fourth-order valence-corrected chi connectivity index (χ4v) is 3.22. The van der Waals surface area contributed by atoms with Crippen LogP contribution >= 0.6 is 15.9 Å². The predicted octanol–water partition coefficient (Wildman–Crippen LogP) is 4.12. The average molecular weight is 327 g/mol. The third kappa shape index (κ3) is 4.59. The highest BCUT2D eigenvalue weighted by Gasteiger charge is 2.24. The molecule has 1 unspecified atom stereocenters. The minimum absolute atomic E-state index is 0.275. The second kappa shape index (κ2) is 7.41. The molecule has 0 bridgehead atoms. The highest BCUT2D eigenvalue weighted by molar-refractivity contribution is 9.10. The standard InChI is InChI=1S/C16H27BrN2/c1-11(2)10-19(12(3)4)16(9-18)14-7-6-13(5)8-15(14)17/h6-8,11-12,16H,9-10,18H2,1-5H3. The third-order valence-corrected chi connectivity index (χ3v) is 4.06. The molecule has 108 valence electrons. The summed E-state index contributed by atoms with van der Waals surface area (Å²) in [4.78, 5) is 2.50. The Hall–Kier alpha value is -0.380. The van der Waals surface area contributed by atoms with Crippen LogP contribution in [0, 0.1) is 12.8 Å². The molecule has 0 aliphatic carbocycles. The quantitative estimate of drug-likeness (QED) is 0.851. The fraction of sp³-hybridized carbons (Fsp3) is 0.625. The van der Waals surface area contributed by atoms with E-state index >= 15 is 0 Å². The van der Waals surface area contributed by atoms with Crippen LogP contribution in [0.3, 0.4) is 0 Å². The second-order valence-electron chi connectivity index (χ2n) is 5.96. The van der Waals surface area contributed by atoms with Gasteiger partial charge in [0.1, 0.15) is 0 Å². The number of hydrogen-bond donors (Lipinski definition) is 1. The van der Waals surface area contributed by atoms with Crippen molar-refractivity contribution >= 4 is 15.9 Å². The van der Waals surface area contributed by atoms with Crippen LogP contribution in [0.25, 0.3) is 0 Å². The maximum atomic E-state index is 6.06. The van der Waals surface area contributed by atoms with E-state index in [0.717, 1.165) is 11.0 Å². The molecule has 0 aromatic heterocycles. The molecule has 3 heteroatoms. The van der Waals surface area contributed by atoms with E-state index < -0.39 is 0 Å². The molecule has 2 N–H and O–H groups in total. The first-order valence-electron chi connectivity index (χ1n) is 7.08. The summed E-state index contributed by atoms with van der Waals surface area (Å²) in [5.74, 6) is 0.640. The Morgan fingerprint density at radius 3 is 2.26 bits per heavy atom. The van der Waals surface area contributed by atoms with Gasteiger partial charge in [0, 0.05) is 29.6 Å². The molecule has 0 aliphatic rings. The molecule has 1 aromatic rings. The molecule has 0 spiro atoms. The molecule has 1 atom stereocenters. The van der Waals surface area contributed by atoms with Crippen LogP contribution in [0.1, 0.15) is 44.9 Å². The van der Waals surface area contributed by atoms with Crippen LogP contribution in [0.4, 0.5) is 0 Å². The Morgan fingerprint density at radius 2 is 1.84 bits per heavy atom. The van der Waals surface area contributed by atoms with Gasteiger partial charge in [0.15, 0.2) is 0 Å². The van der Waals surface area contributed by atoms with Gasteiger partial charge in [0.05, 0.1) is 0 Å². The lowest BCUT2D eigenvalue weighted by Crippen LogP contribution is -2.41. The van der Waals surface area contributed by atoms with Gasteiger partial charge in [-0.1, -0.05) is 41.9 Å². The van der Waals surface area contributed by atoms with Gasteiger partial charge in [-0.15, -0.1) is 0 Å². The molecule has 1 aromatic carbocycles. The van der Waals surface area contributed by atoms with Crippen LogP contribution in [-0.4, -0.2) is 24.0 Å². The van der Waals surface area contributed by atoms with Crippen molar-refractivity contribution in [3.63, 3.8) is 0 Å². The van der Waals surface area contributed by atoms with E-state index in [1.165, 1.54) is 11.1 Å². The zero-order valence-corrected chi connectivity index (χ0v) is 14.4. The smallest absolute Gasteiger partial charge is 0.0484 e. The lowest BCUT2D eigenvalue weighted by molar-refractivity contribution is 0.138. The minimum atomic E-state index is 0.275. The van der Waals surface area contributed by atoms with E-state index in [-0.39, 0.29) is 6.04 Å². The number of hydrogen-bond acceptors (Lipinski definition) is 2. The highest BCUT2D eigenvalue weighted by atomic mass is 79.9.